The number of carbonyl (C=O) groups is 2. The Balaban J connectivity index is 1.53. The van der Waals surface area contributed by atoms with Crippen molar-refractivity contribution in [2.45, 2.75) is 13.8 Å². The number of carbonyl (C=O) groups excluding carboxylic acids is 2. The molecule has 33 heavy (non-hydrogen) atoms. The quantitative estimate of drug-likeness (QED) is 0.404. The van der Waals surface area contributed by atoms with Gasteiger partial charge < -0.3 is 15.0 Å². The molecule has 3 aromatic rings. The van der Waals surface area contributed by atoms with Crippen LogP contribution in [0.5, 0.6) is 5.75 Å². The summed E-state index contributed by atoms with van der Waals surface area (Å²) in [6.45, 7) is 3.90. The molecule has 0 radical (unpaired) electrons. The molecule has 0 saturated heterocycles. The van der Waals surface area contributed by atoms with Crippen molar-refractivity contribution >= 4 is 29.4 Å². The van der Waals surface area contributed by atoms with Crippen LogP contribution in [0.3, 0.4) is 0 Å². The van der Waals surface area contributed by atoms with Crippen molar-refractivity contribution in [1.29, 1.82) is 0 Å². The first-order chi connectivity index (χ1) is 15.8. The van der Waals surface area contributed by atoms with Crippen molar-refractivity contribution in [1.82, 2.24) is 5.43 Å². The summed E-state index contributed by atoms with van der Waals surface area (Å²) in [4.78, 5) is 26.5. The second kappa shape index (κ2) is 10.9. The van der Waals surface area contributed by atoms with Gasteiger partial charge in [0, 0.05) is 31.0 Å². The summed E-state index contributed by atoms with van der Waals surface area (Å²) in [5, 5.41) is 6.85. The molecular weight excluding hydrogens is 416 g/mol. The number of aryl methyl sites for hydroxylation is 2. The molecule has 0 aliphatic carbocycles. The summed E-state index contributed by atoms with van der Waals surface area (Å²) in [6.07, 6.45) is 1.52. The van der Waals surface area contributed by atoms with E-state index in [4.69, 9.17) is 4.74 Å². The van der Waals surface area contributed by atoms with Gasteiger partial charge in [0.25, 0.3) is 11.8 Å². The van der Waals surface area contributed by atoms with Crippen molar-refractivity contribution in [3.8, 4) is 5.75 Å². The van der Waals surface area contributed by atoms with Crippen molar-refractivity contribution < 1.29 is 14.3 Å². The zero-order valence-corrected chi connectivity index (χ0v) is 19.3. The second-order valence-electron chi connectivity index (χ2n) is 7.85. The lowest BCUT2D eigenvalue weighted by atomic mass is 10.1. The number of hydrogen-bond acceptors (Lipinski definition) is 5. The Morgan fingerprint density at radius 2 is 1.76 bits per heavy atom. The summed E-state index contributed by atoms with van der Waals surface area (Å²) >= 11 is 0. The number of nitrogens with one attached hydrogen (secondary N) is 2. The van der Waals surface area contributed by atoms with Gasteiger partial charge in [-0.1, -0.05) is 24.3 Å². The van der Waals surface area contributed by atoms with Gasteiger partial charge in [-0.05, 0) is 73.0 Å². The van der Waals surface area contributed by atoms with Crippen LogP contribution in [0.1, 0.15) is 27.0 Å². The fourth-order valence-electron chi connectivity index (χ4n) is 3.01. The van der Waals surface area contributed by atoms with Gasteiger partial charge >= 0.3 is 0 Å². The maximum absolute atomic E-state index is 12.3. The van der Waals surface area contributed by atoms with E-state index in [0.29, 0.717) is 11.3 Å². The number of ether oxygens (including phenoxy) is 1. The van der Waals surface area contributed by atoms with Crippen LogP contribution in [0.4, 0.5) is 11.4 Å². The third kappa shape index (κ3) is 6.93. The molecule has 2 amide bonds. The lowest BCUT2D eigenvalue weighted by molar-refractivity contribution is -0.118. The molecule has 7 heteroatoms. The second-order valence-corrected chi connectivity index (χ2v) is 7.85. The van der Waals surface area contributed by atoms with Gasteiger partial charge in [-0.15, -0.1) is 0 Å². The Hall–Kier alpha value is -4.13. The van der Waals surface area contributed by atoms with E-state index in [-0.39, 0.29) is 18.4 Å². The molecule has 7 nitrogen and oxygen atoms in total. The number of rotatable bonds is 8. The maximum Gasteiger partial charge on any atom is 0.271 e. The van der Waals surface area contributed by atoms with E-state index in [1.54, 1.807) is 30.3 Å². The van der Waals surface area contributed by atoms with Crippen LogP contribution in [0.2, 0.25) is 0 Å². The third-order valence-electron chi connectivity index (χ3n) is 5.02. The highest BCUT2D eigenvalue weighted by atomic mass is 16.5. The summed E-state index contributed by atoms with van der Waals surface area (Å²) in [6, 6.07) is 20.1. The first-order valence-corrected chi connectivity index (χ1v) is 10.5. The Morgan fingerprint density at radius 3 is 2.52 bits per heavy atom. The minimum absolute atomic E-state index is 0.119. The lowest BCUT2D eigenvalue weighted by Gasteiger charge is -2.12. The van der Waals surface area contributed by atoms with Crippen LogP contribution < -0.4 is 20.4 Å². The van der Waals surface area contributed by atoms with E-state index in [2.05, 4.69) is 15.8 Å². The molecule has 170 valence electrons. The molecule has 0 spiro atoms. The predicted octanol–water partition coefficient (Wildman–Crippen LogP) is 4.15. The van der Waals surface area contributed by atoms with Crippen LogP contribution >= 0.6 is 0 Å². The number of hydrogen-bond donors (Lipinski definition) is 2. The molecule has 0 saturated carbocycles. The molecule has 0 aliphatic heterocycles. The molecule has 0 aliphatic rings. The van der Waals surface area contributed by atoms with E-state index in [0.717, 1.165) is 22.5 Å². The molecular formula is C26H28N4O3. The minimum Gasteiger partial charge on any atom is -0.484 e. The Morgan fingerprint density at radius 1 is 0.970 bits per heavy atom. The first kappa shape index (κ1) is 23.5. The SMILES string of the molecule is Cc1ccc(NC(=O)COc2cccc(/C=N\NC(=O)c3cccc(N(C)C)c3)c2)cc1C. The number of anilines is 2. The van der Waals surface area contributed by atoms with Gasteiger partial charge in [-0.3, -0.25) is 9.59 Å². The van der Waals surface area contributed by atoms with E-state index < -0.39 is 0 Å². The molecule has 0 bridgehead atoms. The average molecular weight is 445 g/mol. The Labute approximate surface area is 194 Å². The molecule has 3 rings (SSSR count). The summed E-state index contributed by atoms with van der Waals surface area (Å²) in [5.41, 5.74) is 7.71. The van der Waals surface area contributed by atoms with Crippen molar-refractivity contribution in [2.75, 3.05) is 30.9 Å². The van der Waals surface area contributed by atoms with Crippen LogP contribution in [-0.4, -0.2) is 38.7 Å². The standard InChI is InChI=1S/C26H28N4O3/c1-18-11-12-22(13-19(18)2)28-25(31)17-33-24-10-5-7-20(14-24)16-27-29-26(32)21-8-6-9-23(15-21)30(3)4/h5-16H,17H2,1-4H3,(H,28,31)(H,29,32)/b27-16-. The fourth-order valence-corrected chi connectivity index (χ4v) is 3.01. The highest BCUT2D eigenvalue weighted by Crippen LogP contribution is 2.16. The first-order valence-electron chi connectivity index (χ1n) is 10.5. The van der Waals surface area contributed by atoms with E-state index in [1.807, 2.05) is 69.2 Å². The van der Waals surface area contributed by atoms with Crippen LogP contribution in [0.15, 0.2) is 71.8 Å². The smallest absolute Gasteiger partial charge is 0.271 e. The zero-order valence-electron chi connectivity index (χ0n) is 19.3. The van der Waals surface area contributed by atoms with E-state index >= 15 is 0 Å². The summed E-state index contributed by atoms with van der Waals surface area (Å²) in [5.74, 6) is -0.0193. The molecule has 0 fully saturated rings. The molecule has 2 N–H and O–H groups in total. The van der Waals surface area contributed by atoms with Gasteiger partial charge in [0.2, 0.25) is 0 Å². The third-order valence-corrected chi connectivity index (χ3v) is 5.02. The van der Waals surface area contributed by atoms with Gasteiger partial charge in [0.05, 0.1) is 6.21 Å². The number of nitrogens with zero attached hydrogens (tertiary/aromatic N) is 2. The van der Waals surface area contributed by atoms with E-state index in [9.17, 15) is 9.59 Å². The van der Waals surface area contributed by atoms with Crippen molar-refractivity contribution in [3.63, 3.8) is 0 Å². The highest BCUT2D eigenvalue weighted by molar-refractivity contribution is 5.95. The monoisotopic (exact) mass is 444 g/mol. The molecule has 0 unspecified atom stereocenters. The average Bonchev–Trinajstić information content (AvgIpc) is 2.80. The van der Waals surface area contributed by atoms with Gasteiger partial charge in [0.15, 0.2) is 6.61 Å². The highest BCUT2D eigenvalue weighted by Gasteiger charge is 2.07. The molecule has 0 heterocycles. The maximum atomic E-state index is 12.3. The van der Waals surface area contributed by atoms with Crippen molar-refractivity contribution in [3.05, 3.63) is 89.0 Å². The van der Waals surface area contributed by atoms with Gasteiger partial charge in [0.1, 0.15) is 5.75 Å². The largest absolute Gasteiger partial charge is 0.484 e. The number of hydrazone groups is 1. The predicted molar refractivity (Wildman–Crippen MR) is 132 cm³/mol. The normalized spacial score (nSPS) is 10.7. The lowest BCUT2D eigenvalue weighted by Crippen LogP contribution is -2.20. The van der Waals surface area contributed by atoms with Crippen LogP contribution in [0.25, 0.3) is 0 Å². The van der Waals surface area contributed by atoms with Gasteiger partial charge in [-0.25, -0.2) is 5.43 Å². The molecule has 0 atom stereocenters. The number of amides is 2. The van der Waals surface area contributed by atoms with Crippen LogP contribution in [0, 0.1) is 13.8 Å². The topological polar surface area (TPSA) is 83.0 Å². The summed E-state index contributed by atoms with van der Waals surface area (Å²) < 4.78 is 5.60. The fraction of sp³-hybridized carbons (Fsp3) is 0.192. The Bertz CT molecular complexity index is 1170. The minimum atomic E-state index is -0.301. The zero-order chi connectivity index (χ0) is 23.8. The summed E-state index contributed by atoms with van der Waals surface area (Å²) in [7, 11) is 3.83. The van der Waals surface area contributed by atoms with Gasteiger partial charge in [-0.2, -0.15) is 5.10 Å². The van der Waals surface area contributed by atoms with Crippen molar-refractivity contribution in [2.24, 2.45) is 5.10 Å². The van der Waals surface area contributed by atoms with Crippen LogP contribution in [-0.2, 0) is 4.79 Å². The van der Waals surface area contributed by atoms with E-state index in [1.165, 1.54) is 11.8 Å². The molecule has 0 aromatic heterocycles. The molecule has 3 aromatic carbocycles. The Kier molecular flexibility index (Phi) is 7.81. The number of benzene rings is 3.